The first-order chi connectivity index (χ1) is 9.89. The Balaban J connectivity index is 2.18. The van der Waals surface area contributed by atoms with Crippen LogP contribution in [0.4, 0.5) is 5.95 Å². The van der Waals surface area contributed by atoms with Gasteiger partial charge in [-0.15, -0.1) is 0 Å². The maximum atomic E-state index is 11.9. The lowest BCUT2D eigenvalue weighted by Crippen LogP contribution is -2.22. The van der Waals surface area contributed by atoms with Crippen LogP contribution in [-0.2, 0) is 14.6 Å². The van der Waals surface area contributed by atoms with E-state index in [0.717, 1.165) is 25.0 Å². The molecule has 2 unspecified atom stereocenters. The summed E-state index contributed by atoms with van der Waals surface area (Å²) >= 11 is 0. The van der Waals surface area contributed by atoms with Gasteiger partial charge in [-0.05, 0) is 31.9 Å². The highest BCUT2D eigenvalue weighted by Gasteiger charge is 2.27. The number of nitrogens with zero attached hydrogens (tertiary/aromatic N) is 2. The Labute approximate surface area is 123 Å². The van der Waals surface area contributed by atoms with E-state index in [9.17, 15) is 8.42 Å². The molecule has 2 heterocycles. The van der Waals surface area contributed by atoms with Gasteiger partial charge in [0.1, 0.15) is 5.52 Å². The van der Waals surface area contributed by atoms with Crippen LogP contribution in [0.5, 0.6) is 0 Å². The zero-order chi connectivity index (χ0) is 15.2. The number of anilines is 1. The van der Waals surface area contributed by atoms with Crippen molar-refractivity contribution < 1.29 is 13.2 Å². The lowest BCUT2D eigenvalue weighted by molar-refractivity contribution is 0.0751. The van der Waals surface area contributed by atoms with Crippen LogP contribution in [0.25, 0.3) is 11.0 Å². The van der Waals surface area contributed by atoms with Crippen LogP contribution >= 0.6 is 0 Å². The summed E-state index contributed by atoms with van der Waals surface area (Å²) < 4.78 is 31.3. The number of hydrogen-bond acceptors (Lipinski definition) is 5. The number of imidazole rings is 1. The van der Waals surface area contributed by atoms with E-state index in [4.69, 9.17) is 10.5 Å². The van der Waals surface area contributed by atoms with Gasteiger partial charge in [0.05, 0.1) is 22.6 Å². The summed E-state index contributed by atoms with van der Waals surface area (Å²) in [4.78, 5) is 4.49. The fraction of sp³-hybridized carbons (Fsp3) is 0.500. The molecule has 1 aromatic carbocycles. The molecule has 2 atom stereocenters. The largest absolute Gasteiger partial charge is 0.376 e. The second-order valence-corrected chi connectivity index (χ2v) is 7.51. The Morgan fingerprint density at radius 3 is 2.86 bits per heavy atom. The van der Waals surface area contributed by atoms with E-state index in [2.05, 4.69) is 4.98 Å². The highest BCUT2D eigenvalue weighted by atomic mass is 32.2. The number of nitrogens with two attached hydrogens (primary N) is 1. The summed E-state index contributed by atoms with van der Waals surface area (Å²) in [6, 6.07) is 5.15. The lowest BCUT2D eigenvalue weighted by atomic mass is 10.1. The summed E-state index contributed by atoms with van der Waals surface area (Å²) in [5, 5.41) is 0. The topological polar surface area (TPSA) is 87.2 Å². The molecule has 0 aliphatic carbocycles. The van der Waals surface area contributed by atoms with Crippen molar-refractivity contribution in [1.82, 2.24) is 9.55 Å². The second-order valence-electron chi connectivity index (χ2n) is 5.53. The van der Waals surface area contributed by atoms with E-state index in [1.54, 1.807) is 12.1 Å². The number of para-hydroxylation sites is 1. The summed E-state index contributed by atoms with van der Waals surface area (Å²) in [6.07, 6.45) is 3.29. The van der Waals surface area contributed by atoms with Crippen LogP contribution in [0.15, 0.2) is 23.1 Å². The Morgan fingerprint density at radius 1 is 1.48 bits per heavy atom. The third-order valence-electron chi connectivity index (χ3n) is 4.02. The van der Waals surface area contributed by atoms with Gasteiger partial charge in [-0.3, -0.25) is 0 Å². The van der Waals surface area contributed by atoms with Gasteiger partial charge < -0.3 is 15.0 Å². The van der Waals surface area contributed by atoms with E-state index in [1.807, 2.05) is 17.6 Å². The van der Waals surface area contributed by atoms with E-state index in [0.29, 0.717) is 11.5 Å². The van der Waals surface area contributed by atoms with E-state index in [-0.39, 0.29) is 17.0 Å². The summed E-state index contributed by atoms with van der Waals surface area (Å²) in [7, 11) is -3.34. The van der Waals surface area contributed by atoms with Crippen LogP contribution in [0.2, 0.25) is 0 Å². The van der Waals surface area contributed by atoms with Crippen LogP contribution < -0.4 is 5.73 Å². The normalized spacial score (nSPS) is 21.0. The average Bonchev–Trinajstić information content (AvgIpc) is 3.02. The number of nitrogen functional groups attached to an aromatic ring is 1. The Morgan fingerprint density at radius 2 is 2.24 bits per heavy atom. The van der Waals surface area contributed by atoms with Gasteiger partial charge in [0.15, 0.2) is 9.84 Å². The Kier molecular flexibility index (Phi) is 3.41. The third kappa shape index (κ3) is 2.40. The van der Waals surface area contributed by atoms with Crippen molar-refractivity contribution in [2.24, 2.45) is 0 Å². The molecule has 1 aliphatic rings. The molecule has 114 valence electrons. The molecule has 6 nitrogen and oxygen atoms in total. The quantitative estimate of drug-likeness (QED) is 0.933. The molecule has 0 saturated carbocycles. The fourth-order valence-corrected chi connectivity index (χ4v) is 3.81. The summed E-state index contributed by atoms with van der Waals surface area (Å²) in [5.41, 5.74) is 7.20. The number of fused-ring (bicyclic) bond motifs is 1. The zero-order valence-electron chi connectivity index (χ0n) is 12.1. The minimum atomic E-state index is -3.34. The number of hydrogen-bond donors (Lipinski definition) is 1. The Hall–Kier alpha value is -1.60. The average molecular weight is 309 g/mol. The molecule has 7 heteroatoms. The lowest BCUT2D eigenvalue weighted by Gasteiger charge is -2.21. The Bertz CT molecular complexity index is 776. The first-order valence-corrected chi connectivity index (χ1v) is 8.87. The van der Waals surface area contributed by atoms with Gasteiger partial charge in [-0.2, -0.15) is 0 Å². The number of sulfone groups is 1. The molecule has 0 bridgehead atoms. The molecule has 1 aromatic heterocycles. The van der Waals surface area contributed by atoms with Crippen molar-refractivity contribution in [1.29, 1.82) is 0 Å². The van der Waals surface area contributed by atoms with E-state index < -0.39 is 9.84 Å². The highest BCUT2D eigenvalue weighted by molar-refractivity contribution is 7.91. The number of benzene rings is 1. The molecule has 1 saturated heterocycles. The molecule has 0 radical (unpaired) electrons. The smallest absolute Gasteiger partial charge is 0.201 e. The molecular weight excluding hydrogens is 290 g/mol. The molecule has 3 rings (SSSR count). The SMILES string of the molecule is CC(C1CCCO1)n1c(N)nc2c(S(C)(=O)=O)cccc21. The van der Waals surface area contributed by atoms with E-state index >= 15 is 0 Å². The van der Waals surface area contributed by atoms with E-state index in [1.165, 1.54) is 6.26 Å². The minimum absolute atomic E-state index is 0.0207. The molecule has 0 amide bonds. The van der Waals surface area contributed by atoms with Crippen molar-refractivity contribution in [3.05, 3.63) is 18.2 Å². The van der Waals surface area contributed by atoms with Crippen molar-refractivity contribution in [2.45, 2.75) is 36.8 Å². The third-order valence-corrected chi connectivity index (χ3v) is 5.15. The highest BCUT2D eigenvalue weighted by Crippen LogP contribution is 2.32. The van der Waals surface area contributed by atoms with Gasteiger partial charge in [-0.25, -0.2) is 13.4 Å². The van der Waals surface area contributed by atoms with Crippen molar-refractivity contribution in [3.8, 4) is 0 Å². The molecule has 2 N–H and O–H groups in total. The van der Waals surface area contributed by atoms with Gasteiger partial charge in [0, 0.05) is 12.9 Å². The van der Waals surface area contributed by atoms with Crippen LogP contribution in [0, 0.1) is 0 Å². The predicted molar refractivity (Wildman–Crippen MR) is 80.9 cm³/mol. The van der Waals surface area contributed by atoms with Crippen LogP contribution in [-0.4, -0.2) is 36.9 Å². The molecule has 0 spiro atoms. The fourth-order valence-electron chi connectivity index (χ4n) is 2.99. The molecule has 1 fully saturated rings. The first-order valence-electron chi connectivity index (χ1n) is 6.97. The monoisotopic (exact) mass is 309 g/mol. The molecule has 2 aromatic rings. The maximum absolute atomic E-state index is 11.9. The predicted octanol–water partition coefficient (Wildman–Crippen LogP) is 1.76. The van der Waals surface area contributed by atoms with Gasteiger partial charge in [-0.1, -0.05) is 6.07 Å². The molecule has 21 heavy (non-hydrogen) atoms. The van der Waals surface area contributed by atoms with Crippen LogP contribution in [0.3, 0.4) is 0 Å². The minimum Gasteiger partial charge on any atom is -0.376 e. The molecular formula is C14H19N3O3S. The van der Waals surface area contributed by atoms with Crippen molar-refractivity contribution in [2.75, 3.05) is 18.6 Å². The van der Waals surface area contributed by atoms with Gasteiger partial charge >= 0.3 is 0 Å². The number of aromatic nitrogens is 2. The summed E-state index contributed by atoms with van der Waals surface area (Å²) in [5.74, 6) is 0.323. The van der Waals surface area contributed by atoms with Crippen molar-refractivity contribution in [3.63, 3.8) is 0 Å². The van der Waals surface area contributed by atoms with Crippen molar-refractivity contribution >= 4 is 26.8 Å². The zero-order valence-corrected chi connectivity index (χ0v) is 12.9. The van der Waals surface area contributed by atoms with Gasteiger partial charge in [0.2, 0.25) is 5.95 Å². The number of rotatable bonds is 3. The van der Waals surface area contributed by atoms with Crippen LogP contribution in [0.1, 0.15) is 25.8 Å². The molecule has 1 aliphatic heterocycles. The summed E-state index contributed by atoms with van der Waals surface area (Å²) in [6.45, 7) is 2.79. The van der Waals surface area contributed by atoms with Gasteiger partial charge in [0.25, 0.3) is 0 Å². The standard InChI is InChI=1S/C14H19N3O3S/c1-9(11-6-4-8-20-11)17-10-5-3-7-12(21(2,18)19)13(10)16-14(17)15/h3,5,7,9,11H,4,6,8H2,1-2H3,(H2,15,16). The maximum Gasteiger partial charge on any atom is 0.201 e. The number of ether oxygens (including phenoxy) is 1. The second kappa shape index (κ2) is 4.99. The first kappa shape index (κ1) is 14.3.